The molecule has 2 saturated heterocycles. The summed E-state index contributed by atoms with van der Waals surface area (Å²) in [7, 11) is 0. The SMILES string of the molecule is CCCCNC(=O)N(CC1CO1)C(=O)NCC1CO1. The first-order valence-corrected chi connectivity index (χ1v) is 6.77. The van der Waals surface area contributed by atoms with Gasteiger partial charge in [-0.3, -0.25) is 0 Å². The third-order valence-corrected chi connectivity index (χ3v) is 2.97. The standard InChI is InChI=1S/C12H21N3O4/c1-2-3-4-13-11(16)15(6-10-8-19-10)12(17)14-5-9-7-18-9/h9-10H,2-8H2,1H3,(H,13,16)(H,14,17). The Morgan fingerprint density at radius 3 is 2.37 bits per heavy atom. The molecule has 2 fully saturated rings. The number of epoxide rings is 2. The third kappa shape index (κ3) is 5.04. The highest BCUT2D eigenvalue weighted by atomic mass is 16.6. The summed E-state index contributed by atoms with van der Waals surface area (Å²) in [6.45, 7) is 4.66. The zero-order chi connectivity index (χ0) is 13.7. The lowest BCUT2D eigenvalue weighted by atomic mass is 10.3. The molecule has 0 aromatic rings. The molecule has 2 unspecified atom stereocenters. The Morgan fingerprint density at radius 1 is 1.16 bits per heavy atom. The molecular formula is C12H21N3O4. The Labute approximate surface area is 112 Å². The van der Waals surface area contributed by atoms with Crippen molar-refractivity contribution in [2.45, 2.75) is 32.0 Å². The molecule has 0 spiro atoms. The molecule has 2 atom stereocenters. The number of nitrogens with one attached hydrogen (secondary N) is 2. The van der Waals surface area contributed by atoms with Crippen LogP contribution in [0.15, 0.2) is 0 Å². The molecule has 2 aliphatic rings. The van der Waals surface area contributed by atoms with Gasteiger partial charge in [-0.25, -0.2) is 14.5 Å². The summed E-state index contributed by atoms with van der Waals surface area (Å²) in [4.78, 5) is 25.1. The van der Waals surface area contributed by atoms with Gasteiger partial charge in [0.1, 0.15) is 0 Å². The first-order valence-electron chi connectivity index (χ1n) is 6.77. The predicted octanol–water partition coefficient (Wildman–Crippen LogP) is 0.305. The molecule has 2 heterocycles. The molecule has 2 aliphatic heterocycles. The first kappa shape index (κ1) is 14.1. The van der Waals surface area contributed by atoms with E-state index in [1.54, 1.807) is 0 Å². The summed E-state index contributed by atoms with van der Waals surface area (Å²) >= 11 is 0. The summed E-state index contributed by atoms with van der Waals surface area (Å²) in [6.07, 6.45) is 1.99. The molecule has 2 rings (SSSR count). The predicted molar refractivity (Wildman–Crippen MR) is 67.9 cm³/mol. The van der Waals surface area contributed by atoms with Gasteiger partial charge >= 0.3 is 12.1 Å². The van der Waals surface area contributed by atoms with Crippen LogP contribution >= 0.6 is 0 Å². The maximum absolute atomic E-state index is 12.0. The van der Waals surface area contributed by atoms with E-state index in [2.05, 4.69) is 10.6 Å². The van der Waals surface area contributed by atoms with Crippen molar-refractivity contribution in [3.63, 3.8) is 0 Å². The summed E-state index contributed by atoms with van der Waals surface area (Å²) < 4.78 is 10.1. The van der Waals surface area contributed by atoms with Gasteiger partial charge in [0.2, 0.25) is 0 Å². The van der Waals surface area contributed by atoms with Crippen LogP contribution in [-0.2, 0) is 9.47 Å². The molecule has 0 aromatic heterocycles. The van der Waals surface area contributed by atoms with E-state index in [0.717, 1.165) is 12.8 Å². The van der Waals surface area contributed by atoms with Gasteiger partial charge in [0, 0.05) is 13.1 Å². The fourth-order valence-electron chi connectivity index (χ4n) is 1.59. The van der Waals surface area contributed by atoms with Crippen LogP contribution < -0.4 is 10.6 Å². The van der Waals surface area contributed by atoms with Crippen molar-refractivity contribution in [3.8, 4) is 0 Å². The van der Waals surface area contributed by atoms with Crippen LogP contribution in [0.25, 0.3) is 0 Å². The minimum Gasteiger partial charge on any atom is -0.371 e. The Hall–Kier alpha value is -1.34. The van der Waals surface area contributed by atoms with Crippen molar-refractivity contribution in [2.75, 3.05) is 32.8 Å². The van der Waals surface area contributed by atoms with E-state index in [4.69, 9.17) is 9.47 Å². The number of hydrogen-bond acceptors (Lipinski definition) is 4. The van der Waals surface area contributed by atoms with Crippen molar-refractivity contribution in [1.82, 2.24) is 15.5 Å². The lowest BCUT2D eigenvalue weighted by molar-refractivity contribution is 0.180. The van der Waals surface area contributed by atoms with Crippen molar-refractivity contribution < 1.29 is 19.1 Å². The lowest BCUT2D eigenvalue weighted by Gasteiger charge is -2.20. The van der Waals surface area contributed by atoms with E-state index < -0.39 is 0 Å². The molecule has 7 heteroatoms. The maximum Gasteiger partial charge on any atom is 0.325 e. The van der Waals surface area contributed by atoms with Crippen LogP contribution in [0, 0.1) is 0 Å². The second-order valence-electron chi connectivity index (χ2n) is 4.79. The molecule has 0 aliphatic carbocycles. The van der Waals surface area contributed by atoms with Crippen molar-refractivity contribution in [1.29, 1.82) is 0 Å². The summed E-state index contributed by atoms with van der Waals surface area (Å²) in [6, 6.07) is -0.752. The Bertz CT molecular complexity index is 329. The van der Waals surface area contributed by atoms with Crippen LogP contribution in [0.1, 0.15) is 19.8 Å². The topological polar surface area (TPSA) is 86.5 Å². The average Bonchev–Trinajstić information content (AvgIpc) is 3.27. The molecule has 19 heavy (non-hydrogen) atoms. The fraction of sp³-hybridized carbons (Fsp3) is 0.833. The largest absolute Gasteiger partial charge is 0.371 e. The Morgan fingerprint density at radius 2 is 1.79 bits per heavy atom. The van der Waals surface area contributed by atoms with Crippen LogP contribution in [0.2, 0.25) is 0 Å². The number of imide groups is 1. The fourth-order valence-corrected chi connectivity index (χ4v) is 1.59. The number of amides is 4. The first-order chi connectivity index (χ1) is 9.20. The van der Waals surface area contributed by atoms with Crippen LogP contribution in [0.3, 0.4) is 0 Å². The van der Waals surface area contributed by atoms with E-state index in [1.165, 1.54) is 4.90 Å². The van der Waals surface area contributed by atoms with E-state index >= 15 is 0 Å². The number of urea groups is 2. The van der Waals surface area contributed by atoms with Gasteiger partial charge < -0.3 is 20.1 Å². The Kier molecular flexibility index (Phi) is 4.98. The van der Waals surface area contributed by atoms with Gasteiger partial charge in [0.05, 0.1) is 32.0 Å². The highest BCUT2D eigenvalue weighted by Crippen LogP contribution is 2.12. The normalized spacial score (nSPS) is 23.6. The van der Waals surface area contributed by atoms with Crippen LogP contribution in [0.5, 0.6) is 0 Å². The second kappa shape index (κ2) is 6.72. The summed E-state index contributed by atoms with van der Waals surface area (Å²) in [5.74, 6) is 0. The van der Waals surface area contributed by atoms with Gasteiger partial charge in [-0.05, 0) is 6.42 Å². The van der Waals surface area contributed by atoms with E-state index in [0.29, 0.717) is 32.8 Å². The number of rotatable bonds is 7. The molecule has 2 N–H and O–H groups in total. The van der Waals surface area contributed by atoms with E-state index in [1.807, 2.05) is 6.92 Å². The van der Waals surface area contributed by atoms with Crippen LogP contribution in [-0.4, -0.2) is 62.0 Å². The maximum atomic E-state index is 12.0. The summed E-state index contributed by atoms with van der Waals surface area (Å²) in [5.41, 5.74) is 0. The van der Waals surface area contributed by atoms with Gasteiger partial charge in [-0.15, -0.1) is 0 Å². The number of carbonyl (C=O) groups is 2. The number of carbonyl (C=O) groups excluding carboxylic acids is 2. The van der Waals surface area contributed by atoms with Gasteiger partial charge in [0.15, 0.2) is 0 Å². The zero-order valence-electron chi connectivity index (χ0n) is 11.2. The average molecular weight is 271 g/mol. The number of nitrogens with zero attached hydrogens (tertiary/aromatic N) is 1. The van der Waals surface area contributed by atoms with Gasteiger partial charge in [-0.1, -0.05) is 13.3 Å². The molecule has 0 radical (unpaired) electrons. The number of hydrogen-bond donors (Lipinski definition) is 2. The lowest BCUT2D eigenvalue weighted by Crippen LogP contribution is -2.50. The highest BCUT2D eigenvalue weighted by molar-refractivity contribution is 5.93. The molecule has 0 saturated carbocycles. The molecule has 4 amide bonds. The molecular weight excluding hydrogens is 250 g/mol. The number of ether oxygens (including phenoxy) is 2. The molecule has 108 valence electrons. The summed E-state index contributed by atoms with van der Waals surface area (Å²) in [5, 5.41) is 5.44. The number of unbranched alkanes of at least 4 members (excludes halogenated alkanes) is 1. The van der Waals surface area contributed by atoms with E-state index in [-0.39, 0.29) is 24.3 Å². The Balaban J connectivity index is 1.77. The smallest absolute Gasteiger partial charge is 0.325 e. The monoisotopic (exact) mass is 271 g/mol. The quantitative estimate of drug-likeness (QED) is 0.515. The zero-order valence-corrected chi connectivity index (χ0v) is 11.2. The van der Waals surface area contributed by atoms with Gasteiger partial charge in [0.25, 0.3) is 0 Å². The minimum absolute atomic E-state index is 0.0140. The molecule has 0 aromatic carbocycles. The van der Waals surface area contributed by atoms with E-state index in [9.17, 15) is 9.59 Å². The van der Waals surface area contributed by atoms with Crippen molar-refractivity contribution in [3.05, 3.63) is 0 Å². The third-order valence-electron chi connectivity index (χ3n) is 2.97. The van der Waals surface area contributed by atoms with Gasteiger partial charge in [-0.2, -0.15) is 0 Å². The second-order valence-corrected chi connectivity index (χ2v) is 4.79. The minimum atomic E-state index is -0.389. The molecule has 7 nitrogen and oxygen atoms in total. The molecule has 0 bridgehead atoms. The highest BCUT2D eigenvalue weighted by Gasteiger charge is 2.32. The van der Waals surface area contributed by atoms with Crippen molar-refractivity contribution in [2.24, 2.45) is 0 Å². The van der Waals surface area contributed by atoms with Crippen LogP contribution in [0.4, 0.5) is 9.59 Å². The van der Waals surface area contributed by atoms with Crippen molar-refractivity contribution >= 4 is 12.1 Å².